The van der Waals surface area contributed by atoms with E-state index in [-0.39, 0.29) is 0 Å². The maximum atomic E-state index is 5.86. The van der Waals surface area contributed by atoms with Crippen molar-refractivity contribution in [3.63, 3.8) is 0 Å². The van der Waals surface area contributed by atoms with Gasteiger partial charge in [0.15, 0.2) is 0 Å². The fourth-order valence-electron chi connectivity index (χ4n) is 1.54. The molecule has 0 fully saturated rings. The second-order valence-electron chi connectivity index (χ2n) is 4.03. The average molecular weight is 186 g/mol. The standard InChI is InChI=1S/C11H26N2/c1-5-11(12)8-7-9-13(6-2)10(3)4/h10-11H,5-9,12H2,1-4H3. The van der Waals surface area contributed by atoms with Gasteiger partial charge in [0.2, 0.25) is 0 Å². The quantitative estimate of drug-likeness (QED) is 0.660. The molecule has 80 valence electrons. The van der Waals surface area contributed by atoms with Gasteiger partial charge in [-0.25, -0.2) is 0 Å². The smallest absolute Gasteiger partial charge is 0.00384 e. The minimum atomic E-state index is 0.408. The third-order valence-corrected chi connectivity index (χ3v) is 2.68. The molecular formula is C11H26N2. The summed E-state index contributed by atoms with van der Waals surface area (Å²) < 4.78 is 0. The third kappa shape index (κ3) is 6.05. The molecule has 2 heteroatoms. The van der Waals surface area contributed by atoms with E-state index in [1.165, 1.54) is 19.4 Å². The van der Waals surface area contributed by atoms with Gasteiger partial charge in [0.25, 0.3) is 0 Å². The second-order valence-corrected chi connectivity index (χ2v) is 4.03. The fourth-order valence-corrected chi connectivity index (χ4v) is 1.54. The molecule has 0 amide bonds. The molecule has 13 heavy (non-hydrogen) atoms. The highest BCUT2D eigenvalue weighted by atomic mass is 15.1. The molecule has 0 aliphatic rings. The molecule has 0 aromatic carbocycles. The van der Waals surface area contributed by atoms with Gasteiger partial charge in [-0.15, -0.1) is 0 Å². The Hall–Kier alpha value is -0.0800. The molecule has 1 unspecified atom stereocenters. The highest BCUT2D eigenvalue weighted by Crippen LogP contribution is 2.03. The molecule has 0 aliphatic heterocycles. The van der Waals surface area contributed by atoms with Crippen molar-refractivity contribution in [1.82, 2.24) is 4.90 Å². The van der Waals surface area contributed by atoms with E-state index in [1.807, 2.05) is 0 Å². The minimum Gasteiger partial charge on any atom is -0.328 e. The Morgan fingerprint density at radius 1 is 1.23 bits per heavy atom. The first-order chi connectivity index (χ1) is 6.11. The van der Waals surface area contributed by atoms with Crippen molar-refractivity contribution < 1.29 is 0 Å². The van der Waals surface area contributed by atoms with Crippen molar-refractivity contribution >= 4 is 0 Å². The van der Waals surface area contributed by atoms with E-state index in [0.717, 1.165) is 13.0 Å². The SMILES string of the molecule is CCC(N)CCCN(CC)C(C)C. The van der Waals surface area contributed by atoms with E-state index in [0.29, 0.717) is 12.1 Å². The van der Waals surface area contributed by atoms with Crippen LogP contribution in [-0.2, 0) is 0 Å². The normalized spacial score (nSPS) is 14.1. The first-order valence-corrected chi connectivity index (χ1v) is 5.61. The number of rotatable bonds is 7. The average Bonchev–Trinajstić information content (AvgIpc) is 2.11. The van der Waals surface area contributed by atoms with Gasteiger partial charge < -0.3 is 10.6 Å². The van der Waals surface area contributed by atoms with Crippen LogP contribution in [0, 0.1) is 0 Å². The molecule has 0 rings (SSSR count). The van der Waals surface area contributed by atoms with Crippen LogP contribution in [0.2, 0.25) is 0 Å². The van der Waals surface area contributed by atoms with Gasteiger partial charge in [0.05, 0.1) is 0 Å². The molecule has 0 heterocycles. The molecule has 0 bridgehead atoms. The van der Waals surface area contributed by atoms with Crippen LogP contribution in [0.25, 0.3) is 0 Å². The summed E-state index contributed by atoms with van der Waals surface area (Å²) in [5.41, 5.74) is 5.86. The summed E-state index contributed by atoms with van der Waals surface area (Å²) >= 11 is 0. The lowest BCUT2D eigenvalue weighted by molar-refractivity contribution is 0.227. The van der Waals surface area contributed by atoms with E-state index in [4.69, 9.17) is 5.73 Å². The Morgan fingerprint density at radius 3 is 2.23 bits per heavy atom. The molecule has 0 aromatic heterocycles. The zero-order valence-electron chi connectivity index (χ0n) is 9.71. The highest BCUT2D eigenvalue weighted by Gasteiger charge is 2.06. The molecule has 1 atom stereocenters. The van der Waals surface area contributed by atoms with Gasteiger partial charge in [-0.1, -0.05) is 13.8 Å². The summed E-state index contributed by atoms with van der Waals surface area (Å²) in [6, 6.07) is 1.08. The van der Waals surface area contributed by atoms with Gasteiger partial charge in [-0.3, -0.25) is 0 Å². The molecule has 0 radical (unpaired) electrons. The predicted octanol–water partition coefficient (Wildman–Crippen LogP) is 2.23. The van der Waals surface area contributed by atoms with E-state index in [2.05, 4.69) is 32.6 Å². The first-order valence-electron chi connectivity index (χ1n) is 5.61. The van der Waals surface area contributed by atoms with Crippen molar-refractivity contribution in [1.29, 1.82) is 0 Å². The predicted molar refractivity (Wildman–Crippen MR) is 59.9 cm³/mol. The largest absolute Gasteiger partial charge is 0.328 e. The zero-order chi connectivity index (χ0) is 10.3. The summed E-state index contributed by atoms with van der Waals surface area (Å²) in [6.45, 7) is 11.2. The lowest BCUT2D eigenvalue weighted by Crippen LogP contribution is -2.32. The van der Waals surface area contributed by atoms with Crippen molar-refractivity contribution in [2.75, 3.05) is 13.1 Å². The van der Waals surface area contributed by atoms with E-state index < -0.39 is 0 Å². The molecule has 0 aliphatic carbocycles. The van der Waals surface area contributed by atoms with Crippen molar-refractivity contribution in [3.8, 4) is 0 Å². The Labute approximate surface area is 83.5 Å². The van der Waals surface area contributed by atoms with Crippen LogP contribution in [0.4, 0.5) is 0 Å². The summed E-state index contributed by atoms with van der Waals surface area (Å²) in [4.78, 5) is 2.49. The Balaban J connectivity index is 3.49. The topological polar surface area (TPSA) is 29.3 Å². The van der Waals surface area contributed by atoms with Crippen LogP contribution in [0.3, 0.4) is 0 Å². The van der Waals surface area contributed by atoms with Gasteiger partial charge in [0.1, 0.15) is 0 Å². The third-order valence-electron chi connectivity index (χ3n) is 2.68. The van der Waals surface area contributed by atoms with E-state index in [1.54, 1.807) is 0 Å². The number of hydrogen-bond donors (Lipinski definition) is 1. The minimum absolute atomic E-state index is 0.408. The van der Waals surface area contributed by atoms with Gasteiger partial charge in [-0.05, 0) is 46.2 Å². The van der Waals surface area contributed by atoms with Gasteiger partial charge in [0, 0.05) is 12.1 Å². The molecular weight excluding hydrogens is 160 g/mol. The van der Waals surface area contributed by atoms with Crippen LogP contribution in [-0.4, -0.2) is 30.1 Å². The van der Waals surface area contributed by atoms with Gasteiger partial charge >= 0.3 is 0 Å². The van der Waals surface area contributed by atoms with Crippen LogP contribution < -0.4 is 5.73 Å². The molecule has 2 N–H and O–H groups in total. The van der Waals surface area contributed by atoms with Crippen LogP contribution in [0.1, 0.15) is 47.0 Å². The Bertz CT molecular complexity index is 113. The number of nitrogens with two attached hydrogens (primary N) is 1. The molecule has 2 nitrogen and oxygen atoms in total. The molecule has 0 aromatic rings. The molecule has 0 saturated carbocycles. The first kappa shape index (κ1) is 12.9. The maximum Gasteiger partial charge on any atom is 0.00384 e. The van der Waals surface area contributed by atoms with Crippen molar-refractivity contribution in [2.24, 2.45) is 5.73 Å². The maximum absolute atomic E-state index is 5.86. The van der Waals surface area contributed by atoms with E-state index >= 15 is 0 Å². The lowest BCUT2D eigenvalue weighted by Gasteiger charge is -2.25. The van der Waals surface area contributed by atoms with Crippen LogP contribution >= 0.6 is 0 Å². The second kappa shape index (κ2) is 7.34. The fraction of sp³-hybridized carbons (Fsp3) is 1.00. The monoisotopic (exact) mass is 186 g/mol. The Kier molecular flexibility index (Phi) is 7.29. The van der Waals surface area contributed by atoms with Gasteiger partial charge in [-0.2, -0.15) is 0 Å². The van der Waals surface area contributed by atoms with E-state index in [9.17, 15) is 0 Å². The molecule has 0 saturated heterocycles. The zero-order valence-corrected chi connectivity index (χ0v) is 9.71. The summed E-state index contributed by atoms with van der Waals surface area (Å²) in [7, 11) is 0. The molecule has 0 spiro atoms. The summed E-state index contributed by atoms with van der Waals surface area (Å²) in [5.74, 6) is 0. The lowest BCUT2D eigenvalue weighted by atomic mass is 10.1. The number of nitrogens with zero attached hydrogens (tertiary/aromatic N) is 1. The van der Waals surface area contributed by atoms with Crippen LogP contribution in [0.15, 0.2) is 0 Å². The van der Waals surface area contributed by atoms with Crippen molar-refractivity contribution in [3.05, 3.63) is 0 Å². The van der Waals surface area contributed by atoms with Crippen molar-refractivity contribution in [2.45, 2.75) is 59.0 Å². The Morgan fingerprint density at radius 2 is 1.85 bits per heavy atom. The summed E-state index contributed by atoms with van der Waals surface area (Å²) in [5, 5.41) is 0. The highest BCUT2D eigenvalue weighted by molar-refractivity contribution is 4.64. The van der Waals surface area contributed by atoms with Crippen LogP contribution in [0.5, 0.6) is 0 Å². The number of hydrogen-bond acceptors (Lipinski definition) is 2. The summed E-state index contributed by atoms with van der Waals surface area (Å²) in [6.07, 6.45) is 3.51.